The standard InChI is InChI=1S/C26H34N4O.C20H27N3O2/c1-7-25(20(4)26-21(5)31-15-13-27-26)30-14-12-23(19(3)17-30)16-28-22(6)29-24-10-8-18(2)9-11-24;1-14-13-16(15-7-10-22(11-8-15)17-3-2-4-17)5-6-18(14)23-12-9-19(24)21-20(23)25/h7-11,16,27,29H,1,6,12-15,17H2,2-5H3;5-6,13,15,17H,2-4,7-12H2,1H3,(H,21,24,25)/b25-20+,28-16-;. The number of hydrogen-bond donors (Lipinski definition) is 3. The van der Waals surface area contributed by atoms with Crippen LogP contribution >= 0.6 is 0 Å². The van der Waals surface area contributed by atoms with E-state index in [0.29, 0.717) is 31.3 Å². The number of carbonyl (C=O) groups is 2. The first-order valence-corrected chi connectivity index (χ1v) is 20.4. The molecular formula is C46H61N7O3. The van der Waals surface area contributed by atoms with Gasteiger partial charge in [0.2, 0.25) is 5.91 Å². The van der Waals surface area contributed by atoms with Gasteiger partial charge in [-0.25, -0.2) is 9.79 Å². The monoisotopic (exact) mass is 759 g/mol. The largest absolute Gasteiger partial charge is 0.494 e. The molecule has 2 saturated heterocycles. The van der Waals surface area contributed by atoms with Gasteiger partial charge in [-0.3, -0.25) is 15.0 Å². The quantitative estimate of drug-likeness (QED) is 0.165. The molecule has 3 N–H and O–H groups in total. The molecule has 4 aliphatic heterocycles. The molecule has 56 heavy (non-hydrogen) atoms. The summed E-state index contributed by atoms with van der Waals surface area (Å²) < 4.78 is 5.72. The molecule has 0 bridgehead atoms. The second-order valence-electron chi connectivity index (χ2n) is 15.8. The Bertz CT molecular complexity index is 1910. The third kappa shape index (κ3) is 10.0. The van der Waals surface area contributed by atoms with E-state index in [0.717, 1.165) is 66.2 Å². The first-order chi connectivity index (χ1) is 27.0. The first kappa shape index (κ1) is 40.6. The number of allylic oxidation sites excluding steroid dienone is 3. The molecule has 4 heterocycles. The lowest BCUT2D eigenvalue weighted by Crippen LogP contribution is -2.49. The van der Waals surface area contributed by atoms with Gasteiger partial charge in [0, 0.05) is 61.9 Å². The van der Waals surface area contributed by atoms with Gasteiger partial charge in [-0.1, -0.05) is 49.4 Å². The molecule has 3 fully saturated rings. The second kappa shape index (κ2) is 18.7. The van der Waals surface area contributed by atoms with E-state index in [2.05, 4.69) is 102 Å². The Kier molecular flexibility index (Phi) is 13.5. The number of anilines is 2. The summed E-state index contributed by atoms with van der Waals surface area (Å²) in [7, 11) is 0. The lowest BCUT2D eigenvalue weighted by molar-refractivity contribution is -0.120. The number of amides is 3. The summed E-state index contributed by atoms with van der Waals surface area (Å²) in [6.45, 7) is 24.8. The maximum absolute atomic E-state index is 12.1. The van der Waals surface area contributed by atoms with E-state index in [4.69, 9.17) is 4.74 Å². The number of imide groups is 1. The van der Waals surface area contributed by atoms with E-state index in [1.807, 2.05) is 31.3 Å². The van der Waals surface area contributed by atoms with Gasteiger partial charge in [-0.05, 0) is 138 Å². The minimum absolute atomic E-state index is 0.186. The topological polar surface area (TPSA) is 102 Å². The van der Waals surface area contributed by atoms with Gasteiger partial charge in [0.1, 0.15) is 18.2 Å². The molecule has 1 aliphatic carbocycles. The van der Waals surface area contributed by atoms with Crippen molar-refractivity contribution in [1.29, 1.82) is 0 Å². The third-order valence-corrected chi connectivity index (χ3v) is 11.9. The second-order valence-corrected chi connectivity index (χ2v) is 15.8. The third-order valence-electron chi connectivity index (χ3n) is 11.9. The van der Waals surface area contributed by atoms with Gasteiger partial charge in [0.15, 0.2) is 0 Å². The number of likely N-dealkylation sites (tertiary alicyclic amines) is 1. The number of nitrogens with zero attached hydrogens (tertiary/aromatic N) is 4. The van der Waals surface area contributed by atoms with Gasteiger partial charge in [0.25, 0.3) is 0 Å². The highest BCUT2D eigenvalue weighted by Gasteiger charge is 2.30. The zero-order valence-electron chi connectivity index (χ0n) is 34.2. The molecule has 5 aliphatic rings. The summed E-state index contributed by atoms with van der Waals surface area (Å²) in [5, 5.41) is 9.12. The molecule has 7 rings (SSSR count). The van der Waals surface area contributed by atoms with Crippen LogP contribution in [-0.4, -0.2) is 79.9 Å². The van der Waals surface area contributed by atoms with Gasteiger partial charge in [-0.15, -0.1) is 0 Å². The van der Waals surface area contributed by atoms with Gasteiger partial charge < -0.3 is 25.2 Å². The van der Waals surface area contributed by atoms with Crippen LogP contribution in [0.15, 0.2) is 106 Å². The predicted octanol–water partition coefficient (Wildman–Crippen LogP) is 8.46. The van der Waals surface area contributed by atoms with Crippen LogP contribution in [0.2, 0.25) is 0 Å². The van der Waals surface area contributed by atoms with Crippen molar-refractivity contribution in [3.05, 3.63) is 118 Å². The fourth-order valence-corrected chi connectivity index (χ4v) is 8.31. The molecule has 2 aromatic carbocycles. The average Bonchev–Trinajstić information content (AvgIpc) is 3.16. The van der Waals surface area contributed by atoms with E-state index in [9.17, 15) is 9.59 Å². The van der Waals surface area contributed by atoms with Gasteiger partial charge in [0.05, 0.1) is 5.70 Å². The first-order valence-electron chi connectivity index (χ1n) is 20.4. The van der Waals surface area contributed by atoms with Crippen LogP contribution in [0.25, 0.3) is 0 Å². The average molecular weight is 760 g/mol. The number of benzene rings is 2. The SMILES string of the molecule is C=C/C(=C(/C)C1=C(C)OCCN1)N1CCC(/C=N\C(=C)Nc2ccc(C)cc2)=C(C)C1.Cc1cc(C2CCN(C3CCC3)CC2)ccc1N1CCC(=O)NC1=O. The van der Waals surface area contributed by atoms with E-state index in [1.54, 1.807) is 4.90 Å². The van der Waals surface area contributed by atoms with Gasteiger partial charge in [-0.2, -0.15) is 0 Å². The molecule has 0 unspecified atom stereocenters. The number of hydrogen-bond acceptors (Lipinski definition) is 8. The van der Waals surface area contributed by atoms with Crippen LogP contribution in [0.5, 0.6) is 0 Å². The summed E-state index contributed by atoms with van der Waals surface area (Å²) in [5.41, 5.74) is 11.6. The van der Waals surface area contributed by atoms with Crippen LogP contribution in [0.3, 0.4) is 0 Å². The fourth-order valence-electron chi connectivity index (χ4n) is 8.31. The van der Waals surface area contributed by atoms with Crippen molar-refractivity contribution < 1.29 is 14.3 Å². The van der Waals surface area contributed by atoms with E-state index in [1.165, 1.54) is 73.0 Å². The minimum atomic E-state index is -0.305. The molecule has 10 nitrogen and oxygen atoms in total. The summed E-state index contributed by atoms with van der Waals surface area (Å²) in [4.78, 5) is 34.7. The summed E-state index contributed by atoms with van der Waals surface area (Å²) in [6, 6.07) is 15.2. The summed E-state index contributed by atoms with van der Waals surface area (Å²) in [5.74, 6) is 2.02. The Morgan fingerprint density at radius 3 is 2.34 bits per heavy atom. The predicted molar refractivity (Wildman–Crippen MR) is 229 cm³/mol. The maximum atomic E-state index is 12.1. The maximum Gasteiger partial charge on any atom is 0.328 e. The lowest BCUT2D eigenvalue weighted by Gasteiger charge is -2.42. The Morgan fingerprint density at radius 1 is 0.964 bits per heavy atom. The summed E-state index contributed by atoms with van der Waals surface area (Å²) >= 11 is 0. The van der Waals surface area contributed by atoms with Crippen molar-refractivity contribution in [3.8, 4) is 0 Å². The van der Waals surface area contributed by atoms with Crippen molar-refractivity contribution in [1.82, 2.24) is 20.4 Å². The molecule has 0 atom stereocenters. The fraction of sp³-hybridized carbons (Fsp3) is 0.457. The van der Waals surface area contributed by atoms with Crippen molar-refractivity contribution >= 4 is 29.5 Å². The number of urea groups is 1. The molecular weight excluding hydrogens is 699 g/mol. The molecule has 298 valence electrons. The van der Waals surface area contributed by atoms with Crippen molar-refractivity contribution in [2.45, 2.75) is 91.5 Å². The number of rotatable bonds is 10. The zero-order chi connectivity index (χ0) is 39.8. The van der Waals surface area contributed by atoms with Crippen molar-refractivity contribution in [2.24, 2.45) is 4.99 Å². The Balaban J connectivity index is 0.000000194. The summed E-state index contributed by atoms with van der Waals surface area (Å²) in [6.07, 6.45) is 11.8. The molecule has 0 spiro atoms. The van der Waals surface area contributed by atoms with Crippen LogP contribution in [-0.2, 0) is 9.53 Å². The highest BCUT2D eigenvalue weighted by molar-refractivity contribution is 6.05. The number of piperidine rings is 1. The number of nitrogens with one attached hydrogen (secondary N) is 3. The highest BCUT2D eigenvalue weighted by atomic mass is 16.5. The van der Waals surface area contributed by atoms with Crippen molar-refractivity contribution in [2.75, 3.05) is 56.1 Å². The van der Waals surface area contributed by atoms with E-state index in [-0.39, 0.29) is 11.9 Å². The number of ether oxygens (including phenoxy) is 1. The molecule has 2 aromatic rings. The lowest BCUT2D eigenvalue weighted by atomic mass is 9.85. The molecule has 3 amide bonds. The molecule has 0 radical (unpaired) electrons. The van der Waals surface area contributed by atoms with Crippen LogP contribution in [0.1, 0.15) is 88.3 Å². The molecule has 0 aromatic heterocycles. The Morgan fingerprint density at radius 2 is 1.71 bits per heavy atom. The normalized spacial score (nSPS) is 20.4. The van der Waals surface area contributed by atoms with E-state index < -0.39 is 0 Å². The number of aryl methyl sites for hydroxylation is 2. The zero-order valence-corrected chi connectivity index (χ0v) is 34.2. The highest BCUT2D eigenvalue weighted by Crippen LogP contribution is 2.35. The number of aliphatic imine (C=N–C) groups is 1. The smallest absolute Gasteiger partial charge is 0.328 e. The van der Waals surface area contributed by atoms with E-state index >= 15 is 0 Å². The van der Waals surface area contributed by atoms with Crippen molar-refractivity contribution in [3.63, 3.8) is 0 Å². The van der Waals surface area contributed by atoms with Gasteiger partial charge >= 0.3 is 6.03 Å². The molecule has 1 saturated carbocycles. The Hall–Kier alpha value is -5.09. The Labute approximate surface area is 334 Å². The van der Waals surface area contributed by atoms with Crippen LogP contribution in [0.4, 0.5) is 16.2 Å². The number of carbonyl (C=O) groups excluding carboxylic acids is 2. The molecule has 10 heteroatoms. The minimum Gasteiger partial charge on any atom is -0.494 e. The van der Waals surface area contributed by atoms with Crippen LogP contribution < -0.4 is 20.9 Å². The van der Waals surface area contributed by atoms with Crippen LogP contribution in [0, 0.1) is 13.8 Å².